The van der Waals surface area contributed by atoms with E-state index in [0.717, 1.165) is 22.6 Å². The molecule has 0 saturated carbocycles. The highest BCUT2D eigenvalue weighted by atomic mass is 19.4. The molecule has 0 atom stereocenters. The quantitative estimate of drug-likeness (QED) is 0.452. The van der Waals surface area contributed by atoms with E-state index >= 15 is 0 Å². The van der Waals surface area contributed by atoms with Crippen LogP contribution in [0.25, 0.3) is 5.57 Å². The Morgan fingerprint density at radius 3 is 2.41 bits per heavy atom. The molecule has 0 unspecified atom stereocenters. The monoisotopic (exact) mass is 448 g/mol. The van der Waals surface area contributed by atoms with Crippen molar-refractivity contribution in [1.29, 1.82) is 0 Å². The molecule has 0 bridgehead atoms. The first-order valence-corrected chi connectivity index (χ1v) is 10.1. The molecule has 0 aromatic heterocycles. The fraction of sp³-hybridized carbons (Fsp3) is 0.304. The van der Waals surface area contributed by atoms with Gasteiger partial charge < -0.3 is 14.8 Å². The van der Waals surface area contributed by atoms with Gasteiger partial charge in [0.25, 0.3) is 11.8 Å². The smallest absolute Gasteiger partial charge is 0.406 e. The normalized spacial score (nSPS) is 14.3. The van der Waals surface area contributed by atoms with Crippen LogP contribution < -0.4 is 10.1 Å². The van der Waals surface area contributed by atoms with Crippen LogP contribution in [0, 0.1) is 6.92 Å². The van der Waals surface area contributed by atoms with Crippen LogP contribution in [0.2, 0.25) is 0 Å². The van der Waals surface area contributed by atoms with E-state index < -0.39 is 23.9 Å². The molecule has 3 rings (SSSR count). The first-order valence-electron chi connectivity index (χ1n) is 10.1. The maximum Gasteiger partial charge on any atom is 0.573 e. The van der Waals surface area contributed by atoms with Crippen molar-refractivity contribution < 1.29 is 32.2 Å². The number of nitrogens with zero attached hydrogens (tertiary/aromatic N) is 1. The van der Waals surface area contributed by atoms with Crippen molar-refractivity contribution in [2.75, 3.05) is 25.1 Å². The fourth-order valence-corrected chi connectivity index (χ4v) is 3.27. The Morgan fingerprint density at radius 2 is 1.75 bits per heavy atom. The summed E-state index contributed by atoms with van der Waals surface area (Å²) in [5.74, 6) is -1.46. The second kappa shape index (κ2) is 9.86. The van der Waals surface area contributed by atoms with Gasteiger partial charge in [-0.1, -0.05) is 35.9 Å². The van der Waals surface area contributed by atoms with Crippen LogP contribution in [0.4, 0.5) is 18.9 Å². The van der Waals surface area contributed by atoms with Gasteiger partial charge in [-0.05, 0) is 38.0 Å². The van der Waals surface area contributed by atoms with Crippen molar-refractivity contribution in [2.45, 2.75) is 26.6 Å². The van der Waals surface area contributed by atoms with Gasteiger partial charge in [-0.15, -0.1) is 13.2 Å². The molecule has 9 heteroatoms. The number of carbonyl (C=O) groups excluding carboxylic acids is 2. The third kappa shape index (κ3) is 5.67. The van der Waals surface area contributed by atoms with Crippen molar-refractivity contribution in [3.8, 4) is 5.75 Å². The minimum absolute atomic E-state index is 0.000536. The predicted molar refractivity (Wildman–Crippen MR) is 113 cm³/mol. The lowest BCUT2D eigenvalue weighted by atomic mass is 10.0. The first-order chi connectivity index (χ1) is 15.2. The number of hydrogen-bond acceptors (Lipinski definition) is 5. The number of alkyl halides is 3. The van der Waals surface area contributed by atoms with E-state index in [1.165, 1.54) is 12.1 Å². The van der Waals surface area contributed by atoms with E-state index in [0.29, 0.717) is 25.2 Å². The summed E-state index contributed by atoms with van der Waals surface area (Å²) in [5, 5.41) is 2.83. The van der Waals surface area contributed by atoms with E-state index in [-0.39, 0.29) is 23.5 Å². The minimum atomic E-state index is -4.85. The van der Waals surface area contributed by atoms with Crippen LogP contribution >= 0.6 is 0 Å². The van der Waals surface area contributed by atoms with Gasteiger partial charge >= 0.3 is 6.36 Å². The molecule has 1 aliphatic heterocycles. The highest BCUT2D eigenvalue weighted by Gasteiger charge is 2.39. The Balaban J connectivity index is 1.93. The van der Waals surface area contributed by atoms with Crippen LogP contribution in [0.15, 0.2) is 54.2 Å². The van der Waals surface area contributed by atoms with Gasteiger partial charge in [-0.25, -0.2) is 0 Å². The Bertz CT molecular complexity index is 1020. The number of benzene rings is 2. The molecule has 2 aromatic carbocycles. The van der Waals surface area contributed by atoms with Crippen LogP contribution in [-0.4, -0.2) is 42.8 Å². The molecule has 1 N–H and O–H groups in total. The van der Waals surface area contributed by atoms with Gasteiger partial charge in [-0.3, -0.25) is 14.5 Å². The summed E-state index contributed by atoms with van der Waals surface area (Å²) >= 11 is 0. The largest absolute Gasteiger partial charge is 0.573 e. The number of amides is 2. The summed E-state index contributed by atoms with van der Waals surface area (Å²) in [6, 6.07) is 12.2. The average Bonchev–Trinajstić information content (AvgIpc) is 2.95. The summed E-state index contributed by atoms with van der Waals surface area (Å²) in [7, 11) is 0. The number of carbonyl (C=O) groups is 2. The van der Waals surface area contributed by atoms with E-state index in [2.05, 4.69) is 10.1 Å². The highest BCUT2D eigenvalue weighted by Crippen LogP contribution is 2.32. The minimum Gasteiger partial charge on any atom is -0.406 e. The van der Waals surface area contributed by atoms with Gasteiger partial charge in [0.15, 0.2) is 0 Å². The van der Waals surface area contributed by atoms with Crippen molar-refractivity contribution >= 4 is 23.1 Å². The first kappa shape index (κ1) is 23.3. The molecule has 0 fully saturated rings. The Labute approximate surface area is 183 Å². The number of rotatable bonds is 9. The average molecular weight is 448 g/mol. The molecular formula is C23H23F3N2O4. The zero-order valence-corrected chi connectivity index (χ0v) is 17.7. The molecule has 2 aromatic rings. The zero-order valence-electron chi connectivity index (χ0n) is 17.7. The van der Waals surface area contributed by atoms with Gasteiger partial charge in [0.2, 0.25) is 0 Å². The van der Waals surface area contributed by atoms with E-state index in [1.54, 1.807) is 12.1 Å². The molecule has 32 heavy (non-hydrogen) atoms. The SMILES string of the molecule is CCOCCCN1C(=O)C(Nc2cccc(OC(F)(F)F)c2)=C(c2ccc(C)cc2)C1=O. The molecule has 170 valence electrons. The number of nitrogens with one attached hydrogen (secondary N) is 1. The van der Waals surface area contributed by atoms with Crippen LogP contribution in [0.1, 0.15) is 24.5 Å². The van der Waals surface area contributed by atoms with Crippen molar-refractivity contribution in [3.05, 3.63) is 65.4 Å². The lowest BCUT2D eigenvalue weighted by Gasteiger charge is -2.15. The topological polar surface area (TPSA) is 67.9 Å². The lowest BCUT2D eigenvalue weighted by molar-refractivity contribution is -0.274. The van der Waals surface area contributed by atoms with Gasteiger partial charge in [0.1, 0.15) is 11.4 Å². The molecule has 0 saturated heterocycles. The lowest BCUT2D eigenvalue weighted by Crippen LogP contribution is -2.34. The molecule has 1 heterocycles. The number of imide groups is 1. The van der Waals surface area contributed by atoms with Gasteiger partial charge in [-0.2, -0.15) is 0 Å². The van der Waals surface area contributed by atoms with E-state index in [9.17, 15) is 22.8 Å². The van der Waals surface area contributed by atoms with Gasteiger partial charge in [0.05, 0.1) is 5.57 Å². The fourth-order valence-electron chi connectivity index (χ4n) is 3.27. The summed E-state index contributed by atoms with van der Waals surface area (Å²) in [6.07, 6.45) is -4.38. The predicted octanol–water partition coefficient (Wildman–Crippen LogP) is 4.51. The summed E-state index contributed by atoms with van der Waals surface area (Å²) < 4.78 is 46.9. The maximum atomic E-state index is 13.1. The standard InChI is InChI=1S/C23H23F3N2O4/c1-3-31-13-5-12-28-21(29)19(16-10-8-15(2)9-11-16)20(22(28)30)27-17-6-4-7-18(14-17)32-23(24,25)26/h4,6-11,14,27H,3,5,12-13H2,1-2H3. The number of anilines is 1. The number of halogens is 3. The Morgan fingerprint density at radius 1 is 1.03 bits per heavy atom. The van der Waals surface area contributed by atoms with E-state index in [4.69, 9.17) is 4.74 Å². The maximum absolute atomic E-state index is 13.1. The van der Waals surface area contributed by atoms with Crippen molar-refractivity contribution in [3.63, 3.8) is 0 Å². The molecule has 2 amide bonds. The summed E-state index contributed by atoms with van der Waals surface area (Å²) in [4.78, 5) is 27.3. The van der Waals surface area contributed by atoms with Crippen molar-refractivity contribution in [2.24, 2.45) is 0 Å². The zero-order chi connectivity index (χ0) is 23.3. The molecule has 1 aliphatic rings. The third-order valence-corrected chi connectivity index (χ3v) is 4.72. The Kier molecular flexibility index (Phi) is 7.19. The number of aryl methyl sites for hydroxylation is 1. The second-order valence-electron chi connectivity index (χ2n) is 7.13. The van der Waals surface area contributed by atoms with Gasteiger partial charge in [0, 0.05) is 31.5 Å². The van der Waals surface area contributed by atoms with Crippen molar-refractivity contribution in [1.82, 2.24) is 4.90 Å². The third-order valence-electron chi connectivity index (χ3n) is 4.72. The number of hydrogen-bond donors (Lipinski definition) is 1. The van der Waals surface area contributed by atoms with Crippen LogP contribution in [0.5, 0.6) is 5.75 Å². The van der Waals surface area contributed by atoms with E-state index in [1.807, 2.05) is 26.0 Å². The summed E-state index contributed by atoms with van der Waals surface area (Å²) in [5.41, 5.74) is 1.86. The highest BCUT2D eigenvalue weighted by molar-refractivity contribution is 6.36. The second-order valence-corrected chi connectivity index (χ2v) is 7.13. The molecule has 6 nitrogen and oxygen atoms in total. The Hall–Kier alpha value is -3.33. The molecular weight excluding hydrogens is 425 g/mol. The van der Waals surface area contributed by atoms with Crippen LogP contribution in [0.3, 0.4) is 0 Å². The number of ether oxygens (including phenoxy) is 2. The molecule has 0 aliphatic carbocycles. The molecule has 0 radical (unpaired) electrons. The van der Waals surface area contributed by atoms with Crippen LogP contribution in [-0.2, 0) is 14.3 Å². The molecule has 0 spiro atoms. The summed E-state index contributed by atoms with van der Waals surface area (Å²) in [6.45, 7) is 4.83.